The summed E-state index contributed by atoms with van der Waals surface area (Å²) in [6.07, 6.45) is 0.515. The van der Waals surface area contributed by atoms with E-state index in [0.29, 0.717) is 16.0 Å². The van der Waals surface area contributed by atoms with Crippen LogP contribution < -0.4 is 10.2 Å². The molecule has 8 nitrogen and oxygen atoms in total. The molecule has 1 amide bonds. The molecule has 0 radical (unpaired) electrons. The summed E-state index contributed by atoms with van der Waals surface area (Å²) in [6.45, 7) is 0. The Kier molecular flexibility index (Phi) is 6.11. The molecule has 0 N–H and O–H groups in total. The molecule has 1 heterocycles. The molecule has 0 saturated carbocycles. The Labute approximate surface area is 157 Å². The van der Waals surface area contributed by atoms with E-state index >= 15 is 0 Å². The summed E-state index contributed by atoms with van der Waals surface area (Å²) >= 11 is 5.83. The first-order chi connectivity index (χ1) is 12.2. The highest BCUT2D eigenvalue weighted by Crippen LogP contribution is 2.34. The standard InChI is InChI=1S/C16H13NO7S2/c1-24-15(23)9-4-2-8(3-5-9)6-11-13(20)17(16(25)26-11)10(14(21)22)7-12(18)19/h2-6,10H,7H2,1H3,(H,18,19)(H,21,22)/p-2/b11-6-/t10-/m1/s1. The zero-order valence-electron chi connectivity index (χ0n) is 13.3. The lowest BCUT2D eigenvalue weighted by Crippen LogP contribution is -2.52. The van der Waals surface area contributed by atoms with Crippen LogP contribution in [0, 0.1) is 0 Å². The number of amides is 1. The fraction of sp³-hybridized carbons (Fsp3) is 0.188. The second-order valence-corrected chi connectivity index (χ2v) is 6.75. The first-order valence-corrected chi connectivity index (χ1v) is 8.33. The van der Waals surface area contributed by atoms with E-state index in [-0.39, 0.29) is 9.23 Å². The van der Waals surface area contributed by atoms with E-state index in [4.69, 9.17) is 12.2 Å². The minimum Gasteiger partial charge on any atom is -0.550 e. The van der Waals surface area contributed by atoms with Gasteiger partial charge in [0.25, 0.3) is 5.91 Å². The van der Waals surface area contributed by atoms with Gasteiger partial charge < -0.3 is 24.5 Å². The average Bonchev–Trinajstić information content (AvgIpc) is 2.86. The highest BCUT2D eigenvalue weighted by molar-refractivity contribution is 8.26. The Morgan fingerprint density at radius 3 is 2.38 bits per heavy atom. The first-order valence-electron chi connectivity index (χ1n) is 7.10. The fourth-order valence-electron chi connectivity index (χ4n) is 2.17. The smallest absolute Gasteiger partial charge is 0.337 e. The number of benzene rings is 1. The zero-order valence-corrected chi connectivity index (χ0v) is 14.9. The topological polar surface area (TPSA) is 127 Å². The largest absolute Gasteiger partial charge is 0.550 e. The fourth-order valence-corrected chi connectivity index (χ4v) is 3.53. The zero-order chi connectivity index (χ0) is 19.4. The number of thioether (sulfide) groups is 1. The molecule has 1 aliphatic heterocycles. The molecule has 26 heavy (non-hydrogen) atoms. The summed E-state index contributed by atoms with van der Waals surface area (Å²) < 4.78 is 4.49. The summed E-state index contributed by atoms with van der Waals surface area (Å²) in [7, 11) is 1.25. The second-order valence-electron chi connectivity index (χ2n) is 5.08. The lowest BCUT2D eigenvalue weighted by Gasteiger charge is -2.27. The molecular weight excluding hydrogens is 382 g/mol. The van der Waals surface area contributed by atoms with Crippen molar-refractivity contribution in [2.75, 3.05) is 7.11 Å². The lowest BCUT2D eigenvalue weighted by molar-refractivity contribution is -0.319. The number of aliphatic carboxylic acids is 2. The first kappa shape index (κ1) is 19.6. The van der Waals surface area contributed by atoms with Gasteiger partial charge in [0, 0.05) is 12.4 Å². The van der Waals surface area contributed by atoms with Crippen molar-refractivity contribution < 1.29 is 34.1 Å². The molecule has 1 aromatic rings. The summed E-state index contributed by atoms with van der Waals surface area (Å²) in [5.74, 6) is -4.64. The maximum absolute atomic E-state index is 12.4. The van der Waals surface area contributed by atoms with E-state index in [9.17, 15) is 29.4 Å². The van der Waals surface area contributed by atoms with Gasteiger partial charge in [-0.1, -0.05) is 36.1 Å². The van der Waals surface area contributed by atoms with Crippen molar-refractivity contribution >= 4 is 58.2 Å². The van der Waals surface area contributed by atoms with Crippen LogP contribution in [0.25, 0.3) is 6.08 Å². The normalized spacial score (nSPS) is 16.7. The van der Waals surface area contributed by atoms with Crippen molar-refractivity contribution in [3.05, 3.63) is 40.3 Å². The monoisotopic (exact) mass is 393 g/mol. The van der Waals surface area contributed by atoms with Crippen LogP contribution in [0.5, 0.6) is 0 Å². The number of hydrogen-bond acceptors (Lipinski definition) is 9. The van der Waals surface area contributed by atoms with Gasteiger partial charge in [-0.15, -0.1) is 0 Å². The maximum atomic E-state index is 12.4. The molecule has 0 bridgehead atoms. The number of hydrogen-bond donors (Lipinski definition) is 0. The van der Waals surface area contributed by atoms with Crippen LogP contribution in [0.3, 0.4) is 0 Å². The summed E-state index contributed by atoms with van der Waals surface area (Å²) in [6, 6.07) is 4.38. The van der Waals surface area contributed by atoms with Crippen LogP contribution in [-0.4, -0.2) is 46.2 Å². The second kappa shape index (κ2) is 8.11. The molecule has 0 unspecified atom stereocenters. The Hall–Kier alpha value is -2.72. The summed E-state index contributed by atoms with van der Waals surface area (Å²) in [4.78, 5) is 46.6. The molecule has 1 fully saturated rings. The lowest BCUT2D eigenvalue weighted by atomic mass is 10.1. The highest BCUT2D eigenvalue weighted by Gasteiger charge is 2.37. The predicted molar refractivity (Wildman–Crippen MR) is 91.2 cm³/mol. The van der Waals surface area contributed by atoms with E-state index in [1.54, 1.807) is 12.1 Å². The maximum Gasteiger partial charge on any atom is 0.337 e. The van der Waals surface area contributed by atoms with E-state index in [0.717, 1.165) is 11.8 Å². The number of esters is 1. The van der Waals surface area contributed by atoms with Crippen LogP contribution in [0.2, 0.25) is 0 Å². The van der Waals surface area contributed by atoms with E-state index in [2.05, 4.69) is 4.74 Å². The quantitative estimate of drug-likeness (QED) is 0.337. The van der Waals surface area contributed by atoms with Crippen molar-refractivity contribution in [1.82, 2.24) is 4.90 Å². The molecule has 1 aromatic carbocycles. The van der Waals surface area contributed by atoms with Gasteiger partial charge in [-0.25, -0.2) is 4.79 Å². The number of carbonyl (C=O) groups is 4. The molecule has 0 spiro atoms. The third-order valence-electron chi connectivity index (χ3n) is 3.40. The van der Waals surface area contributed by atoms with Crippen LogP contribution >= 0.6 is 24.0 Å². The number of carboxylic acids is 2. The van der Waals surface area contributed by atoms with Gasteiger partial charge in [0.1, 0.15) is 4.32 Å². The SMILES string of the molecule is COC(=O)c1ccc(/C=C2\SC(=S)N([C@H](CC(=O)[O-])C(=O)[O-])C2=O)cc1. The Balaban J connectivity index is 2.27. The molecule has 0 aliphatic carbocycles. The van der Waals surface area contributed by atoms with E-state index < -0.39 is 36.3 Å². The Morgan fingerprint density at radius 1 is 1.27 bits per heavy atom. The number of carboxylic acid groups (broad SMARTS) is 2. The third kappa shape index (κ3) is 4.27. The van der Waals surface area contributed by atoms with Gasteiger partial charge in [0.05, 0.1) is 29.6 Å². The number of rotatable bonds is 6. The number of thiocarbonyl (C=S) groups is 1. The Morgan fingerprint density at radius 2 is 1.88 bits per heavy atom. The average molecular weight is 393 g/mol. The molecule has 1 aliphatic rings. The summed E-state index contributed by atoms with van der Waals surface area (Å²) in [5, 5.41) is 21.9. The van der Waals surface area contributed by atoms with Gasteiger partial charge >= 0.3 is 5.97 Å². The number of nitrogens with zero attached hydrogens (tertiary/aromatic N) is 1. The van der Waals surface area contributed by atoms with E-state index in [1.807, 2.05) is 0 Å². The molecular formula is C16H11NO7S2-2. The van der Waals surface area contributed by atoms with Gasteiger partial charge in [-0.2, -0.15) is 0 Å². The van der Waals surface area contributed by atoms with Crippen molar-refractivity contribution in [2.45, 2.75) is 12.5 Å². The van der Waals surface area contributed by atoms with E-state index in [1.165, 1.54) is 25.3 Å². The van der Waals surface area contributed by atoms with Crippen LogP contribution in [0.4, 0.5) is 0 Å². The summed E-state index contributed by atoms with van der Waals surface area (Å²) in [5.41, 5.74) is 0.881. The van der Waals surface area contributed by atoms with Gasteiger partial charge in [0.2, 0.25) is 0 Å². The molecule has 2 rings (SSSR count). The third-order valence-corrected chi connectivity index (χ3v) is 4.73. The van der Waals surface area contributed by atoms with Crippen LogP contribution in [0.1, 0.15) is 22.3 Å². The van der Waals surface area contributed by atoms with Crippen LogP contribution in [-0.2, 0) is 19.1 Å². The number of ether oxygens (including phenoxy) is 1. The van der Waals surface area contributed by atoms with Crippen molar-refractivity contribution in [3.63, 3.8) is 0 Å². The minimum absolute atomic E-state index is 0.0946. The van der Waals surface area contributed by atoms with Crippen molar-refractivity contribution in [2.24, 2.45) is 0 Å². The molecule has 10 heteroatoms. The molecule has 0 aromatic heterocycles. The Bertz CT molecular complexity index is 816. The molecule has 1 saturated heterocycles. The molecule has 136 valence electrons. The number of methoxy groups -OCH3 is 1. The van der Waals surface area contributed by atoms with Crippen LogP contribution in [0.15, 0.2) is 29.2 Å². The molecule has 1 atom stereocenters. The predicted octanol–water partition coefficient (Wildman–Crippen LogP) is -1.07. The number of carbonyl (C=O) groups excluding carboxylic acids is 4. The highest BCUT2D eigenvalue weighted by atomic mass is 32.2. The van der Waals surface area contributed by atoms with Gasteiger partial charge in [-0.05, 0) is 23.8 Å². The minimum atomic E-state index is -1.75. The van der Waals surface area contributed by atoms with Crippen molar-refractivity contribution in [3.8, 4) is 0 Å². The van der Waals surface area contributed by atoms with Gasteiger partial charge in [-0.3, -0.25) is 9.69 Å². The van der Waals surface area contributed by atoms with Gasteiger partial charge in [0.15, 0.2) is 0 Å². The van der Waals surface area contributed by atoms with Crippen molar-refractivity contribution in [1.29, 1.82) is 0 Å².